The van der Waals surface area contributed by atoms with E-state index in [1.165, 1.54) is 12.1 Å². The van der Waals surface area contributed by atoms with E-state index in [-0.39, 0.29) is 17.0 Å². The van der Waals surface area contributed by atoms with E-state index in [1.54, 1.807) is 10.6 Å². The maximum Gasteiger partial charge on any atom is 0.270 e. The Morgan fingerprint density at radius 2 is 1.93 bits per heavy atom. The maximum atomic E-state index is 13.0. The number of benzene rings is 2. The van der Waals surface area contributed by atoms with E-state index in [2.05, 4.69) is 4.99 Å². The molecule has 0 atom stereocenters. The van der Waals surface area contributed by atoms with E-state index in [1.807, 2.05) is 6.92 Å². The summed E-state index contributed by atoms with van der Waals surface area (Å²) in [6.07, 6.45) is -0.335. The fraction of sp³-hybridized carbons (Fsp3) is 0.222. The second-order valence-electron chi connectivity index (χ2n) is 6.07. The standard InChI is InChI=1S/C18H16FN3O5S2/c1-2-21-15-8-5-13(22(24)25)11-16(15)28-18(21)20-17(23)9-10-29(26,27)14-6-3-12(19)4-7-14/h3-8,11H,2,9-10H2,1H3. The minimum absolute atomic E-state index is 0.0646. The van der Waals surface area contributed by atoms with E-state index in [9.17, 15) is 27.7 Å². The molecule has 0 saturated heterocycles. The highest BCUT2D eigenvalue weighted by Gasteiger charge is 2.17. The lowest BCUT2D eigenvalue weighted by Crippen LogP contribution is -2.17. The number of hydrogen-bond donors (Lipinski definition) is 0. The summed E-state index contributed by atoms with van der Waals surface area (Å²) in [6.45, 7) is 2.33. The van der Waals surface area contributed by atoms with Crippen molar-refractivity contribution in [2.45, 2.75) is 24.8 Å². The van der Waals surface area contributed by atoms with Crippen LogP contribution < -0.4 is 4.80 Å². The summed E-state index contributed by atoms with van der Waals surface area (Å²) in [5, 5.41) is 10.9. The second kappa shape index (κ2) is 8.21. The molecule has 0 unspecified atom stereocenters. The number of nitro benzene ring substituents is 1. The molecule has 0 spiro atoms. The summed E-state index contributed by atoms with van der Waals surface area (Å²) in [7, 11) is -3.75. The minimum atomic E-state index is -3.75. The fourth-order valence-corrected chi connectivity index (χ4v) is 5.08. The van der Waals surface area contributed by atoms with E-state index in [0.717, 1.165) is 35.6 Å². The van der Waals surface area contributed by atoms with Crippen molar-refractivity contribution in [2.75, 3.05) is 5.75 Å². The number of nitro groups is 1. The van der Waals surface area contributed by atoms with E-state index >= 15 is 0 Å². The molecule has 0 aliphatic carbocycles. The summed E-state index contributed by atoms with van der Waals surface area (Å²) in [6, 6.07) is 8.76. The number of sulfone groups is 1. The van der Waals surface area contributed by atoms with Gasteiger partial charge in [0, 0.05) is 25.1 Å². The Kier molecular flexibility index (Phi) is 5.89. The van der Waals surface area contributed by atoms with Crippen molar-refractivity contribution in [1.82, 2.24) is 4.57 Å². The topological polar surface area (TPSA) is 112 Å². The number of amides is 1. The van der Waals surface area contributed by atoms with Gasteiger partial charge in [0.2, 0.25) is 5.91 Å². The molecular weight excluding hydrogens is 421 g/mol. The Morgan fingerprint density at radius 3 is 2.55 bits per heavy atom. The van der Waals surface area contributed by atoms with E-state index in [4.69, 9.17) is 0 Å². The smallest absolute Gasteiger partial charge is 0.270 e. The molecule has 8 nitrogen and oxygen atoms in total. The van der Waals surface area contributed by atoms with Gasteiger partial charge >= 0.3 is 0 Å². The van der Waals surface area contributed by atoms with Crippen LogP contribution in [0, 0.1) is 15.9 Å². The van der Waals surface area contributed by atoms with Crippen LogP contribution in [-0.4, -0.2) is 29.6 Å². The number of carbonyl (C=O) groups is 1. The summed E-state index contributed by atoms with van der Waals surface area (Å²) < 4.78 is 39.9. The zero-order valence-corrected chi connectivity index (χ0v) is 16.9. The van der Waals surface area contributed by atoms with Crippen molar-refractivity contribution in [3.8, 4) is 0 Å². The van der Waals surface area contributed by atoms with Crippen LogP contribution in [0.3, 0.4) is 0 Å². The van der Waals surface area contributed by atoms with Gasteiger partial charge in [-0.15, -0.1) is 0 Å². The molecule has 1 amide bonds. The third-order valence-corrected chi connectivity index (χ3v) is 6.94. The van der Waals surface area contributed by atoms with Crippen molar-refractivity contribution < 1.29 is 22.5 Å². The maximum absolute atomic E-state index is 13.0. The average Bonchev–Trinajstić information content (AvgIpc) is 3.02. The lowest BCUT2D eigenvalue weighted by molar-refractivity contribution is -0.384. The van der Waals surface area contributed by atoms with Crippen molar-refractivity contribution >= 4 is 43.0 Å². The first-order chi connectivity index (χ1) is 13.7. The van der Waals surface area contributed by atoms with Gasteiger partial charge in [-0.3, -0.25) is 14.9 Å². The predicted octanol–water partition coefficient (Wildman–Crippen LogP) is 3.06. The van der Waals surface area contributed by atoms with Gasteiger partial charge in [0.05, 0.1) is 25.8 Å². The van der Waals surface area contributed by atoms with Crippen molar-refractivity contribution in [3.63, 3.8) is 0 Å². The molecule has 0 radical (unpaired) electrons. The lowest BCUT2D eigenvalue weighted by atomic mass is 10.3. The highest BCUT2D eigenvalue weighted by atomic mass is 32.2. The Balaban J connectivity index is 1.85. The Hall–Kier alpha value is -2.92. The quantitative estimate of drug-likeness (QED) is 0.334. The summed E-state index contributed by atoms with van der Waals surface area (Å²) in [5.41, 5.74) is 0.638. The van der Waals surface area contributed by atoms with Gasteiger partial charge in [0.1, 0.15) is 5.82 Å². The molecule has 0 aliphatic rings. The SMILES string of the molecule is CCn1c(=NC(=O)CCS(=O)(=O)c2ccc(F)cc2)sc2cc([N+](=O)[O-])ccc21. The third kappa shape index (κ3) is 4.57. The van der Waals surface area contributed by atoms with Crippen molar-refractivity contribution in [3.05, 3.63) is 63.2 Å². The molecule has 1 aromatic heterocycles. The molecule has 0 N–H and O–H groups in total. The van der Waals surface area contributed by atoms with E-state index in [0.29, 0.717) is 21.6 Å². The van der Waals surface area contributed by atoms with Crippen molar-refractivity contribution in [1.29, 1.82) is 0 Å². The molecule has 0 aliphatic heterocycles. The Labute approximate surface area is 169 Å². The van der Waals surface area contributed by atoms with Crippen LogP contribution in [0.1, 0.15) is 13.3 Å². The Morgan fingerprint density at radius 1 is 1.24 bits per heavy atom. The molecule has 11 heteroatoms. The largest absolute Gasteiger partial charge is 0.317 e. The molecule has 0 fully saturated rings. The van der Waals surface area contributed by atoms with Gasteiger partial charge in [-0.25, -0.2) is 12.8 Å². The average molecular weight is 437 g/mol. The van der Waals surface area contributed by atoms with Gasteiger partial charge in [0.25, 0.3) is 5.69 Å². The predicted molar refractivity (Wildman–Crippen MR) is 106 cm³/mol. The van der Waals surface area contributed by atoms with Gasteiger partial charge in [0.15, 0.2) is 14.6 Å². The van der Waals surface area contributed by atoms with E-state index < -0.39 is 32.2 Å². The first-order valence-electron chi connectivity index (χ1n) is 8.55. The molecule has 0 bridgehead atoms. The number of carbonyl (C=O) groups excluding carboxylic acids is 1. The van der Waals surface area contributed by atoms with Crippen LogP contribution in [0.5, 0.6) is 0 Å². The number of aromatic nitrogens is 1. The van der Waals surface area contributed by atoms with Crippen molar-refractivity contribution in [2.24, 2.45) is 4.99 Å². The molecular formula is C18H16FN3O5S2. The zero-order chi connectivity index (χ0) is 21.2. The number of hydrogen-bond acceptors (Lipinski definition) is 6. The number of non-ortho nitro benzene ring substituents is 1. The monoisotopic (exact) mass is 437 g/mol. The number of halogens is 1. The first kappa shape index (κ1) is 20.8. The number of nitrogens with zero attached hydrogens (tertiary/aromatic N) is 3. The second-order valence-corrected chi connectivity index (χ2v) is 9.18. The van der Waals surface area contributed by atoms with Crippen LogP contribution >= 0.6 is 11.3 Å². The lowest BCUT2D eigenvalue weighted by Gasteiger charge is -2.03. The van der Waals surface area contributed by atoms with Crippen LogP contribution in [0.15, 0.2) is 52.4 Å². The number of fused-ring (bicyclic) bond motifs is 1. The summed E-state index contributed by atoms with van der Waals surface area (Å²) in [5.74, 6) is -1.63. The molecule has 2 aromatic carbocycles. The molecule has 29 heavy (non-hydrogen) atoms. The normalized spacial score (nSPS) is 12.4. The number of thiazole rings is 1. The highest BCUT2D eigenvalue weighted by molar-refractivity contribution is 7.91. The minimum Gasteiger partial charge on any atom is -0.317 e. The van der Waals surface area contributed by atoms with Crippen LogP contribution in [0.4, 0.5) is 10.1 Å². The van der Waals surface area contributed by atoms with Gasteiger partial charge in [-0.1, -0.05) is 11.3 Å². The first-order valence-corrected chi connectivity index (χ1v) is 11.0. The fourth-order valence-electron chi connectivity index (χ4n) is 2.71. The van der Waals surface area contributed by atoms with Crippen LogP contribution in [0.25, 0.3) is 10.2 Å². The molecule has 0 saturated carbocycles. The zero-order valence-electron chi connectivity index (χ0n) is 15.2. The molecule has 3 rings (SSSR count). The molecule has 3 aromatic rings. The Bertz CT molecular complexity index is 1260. The van der Waals surface area contributed by atoms with Gasteiger partial charge in [-0.05, 0) is 37.3 Å². The summed E-state index contributed by atoms with van der Waals surface area (Å²) in [4.78, 5) is 27.0. The molecule has 1 heterocycles. The highest BCUT2D eigenvalue weighted by Crippen LogP contribution is 2.23. The molecule has 152 valence electrons. The van der Waals surface area contributed by atoms with Gasteiger partial charge < -0.3 is 4.57 Å². The van der Waals surface area contributed by atoms with Gasteiger partial charge in [-0.2, -0.15) is 4.99 Å². The summed E-state index contributed by atoms with van der Waals surface area (Å²) >= 11 is 1.12. The van der Waals surface area contributed by atoms with Crippen LogP contribution in [0.2, 0.25) is 0 Å². The third-order valence-electron chi connectivity index (χ3n) is 4.17. The number of aryl methyl sites for hydroxylation is 1. The van der Waals surface area contributed by atoms with Crippen LogP contribution in [-0.2, 0) is 21.2 Å². The number of rotatable bonds is 6.